The first-order valence-corrected chi connectivity index (χ1v) is 9.79. The van der Waals surface area contributed by atoms with E-state index >= 15 is 0 Å². The minimum Gasteiger partial charge on any atom is -0.493 e. The van der Waals surface area contributed by atoms with Crippen LogP contribution < -0.4 is 20.1 Å². The van der Waals surface area contributed by atoms with Crippen LogP contribution >= 0.6 is 0 Å². The van der Waals surface area contributed by atoms with Gasteiger partial charge >= 0.3 is 0 Å². The van der Waals surface area contributed by atoms with Crippen LogP contribution in [0.15, 0.2) is 36.4 Å². The van der Waals surface area contributed by atoms with E-state index in [1.807, 2.05) is 23.1 Å². The Morgan fingerprint density at radius 1 is 1.00 bits per heavy atom. The predicted molar refractivity (Wildman–Crippen MR) is 109 cm³/mol. The molecule has 28 heavy (non-hydrogen) atoms. The number of hydrogen-bond donors (Lipinski definition) is 2. The largest absolute Gasteiger partial charge is 0.493 e. The Bertz CT molecular complexity index is 862. The third-order valence-corrected chi connectivity index (χ3v) is 5.55. The van der Waals surface area contributed by atoms with Crippen LogP contribution in [0.5, 0.6) is 11.5 Å². The van der Waals surface area contributed by atoms with E-state index in [2.05, 4.69) is 28.8 Å². The Balaban J connectivity index is 1.66. The van der Waals surface area contributed by atoms with Crippen LogP contribution in [-0.4, -0.2) is 38.1 Å². The number of fused-ring (bicyclic) bond motifs is 1. The lowest BCUT2D eigenvalue weighted by atomic mass is 10.0. The summed E-state index contributed by atoms with van der Waals surface area (Å²) in [6, 6.07) is 11.5. The molecule has 6 heteroatoms. The molecule has 2 aromatic carbocycles. The van der Waals surface area contributed by atoms with Crippen molar-refractivity contribution in [3.05, 3.63) is 53.1 Å². The summed E-state index contributed by atoms with van der Waals surface area (Å²) < 4.78 is 10.8. The zero-order valence-electron chi connectivity index (χ0n) is 16.5. The van der Waals surface area contributed by atoms with E-state index in [4.69, 9.17) is 9.47 Å². The molecule has 0 radical (unpaired) electrons. The van der Waals surface area contributed by atoms with Gasteiger partial charge in [0, 0.05) is 31.9 Å². The van der Waals surface area contributed by atoms with E-state index in [0.29, 0.717) is 11.5 Å². The first-order chi connectivity index (χ1) is 13.7. The van der Waals surface area contributed by atoms with Crippen LogP contribution in [0.25, 0.3) is 0 Å². The molecule has 0 aromatic heterocycles. The number of likely N-dealkylation sites (tertiary alicyclic amines) is 1. The molecule has 6 nitrogen and oxygen atoms in total. The van der Waals surface area contributed by atoms with Crippen molar-refractivity contribution < 1.29 is 14.3 Å². The van der Waals surface area contributed by atoms with Crippen LogP contribution in [0, 0.1) is 0 Å². The Morgan fingerprint density at radius 2 is 1.75 bits per heavy atom. The molecule has 1 unspecified atom stereocenters. The second kappa shape index (κ2) is 8.10. The topological polar surface area (TPSA) is 62.8 Å². The van der Waals surface area contributed by atoms with E-state index in [9.17, 15) is 4.79 Å². The van der Waals surface area contributed by atoms with Gasteiger partial charge in [-0.1, -0.05) is 12.1 Å². The first-order valence-electron chi connectivity index (χ1n) is 9.79. The van der Waals surface area contributed by atoms with Gasteiger partial charge in [-0.2, -0.15) is 0 Å². The van der Waals surface area contributed by atoms with Gasteiger partial charge in [0.2, 0.25) is 5.91 Å². The van der Waals surface area contributed by atoms with Gasteiger partial charge in [-0.05, 0) is 53.8 Å². The summed E-state index contributed by atoms with van der Waals surface area (Å²) >= 11 is 0. The normalized spacial score (nSPS) is 16.6. The standard InChI is InChI=1S/C22H27N3O3/c1-27-19-8-6-15(12-20(19)28-2)21(22(26)25-9-3-4-10-25)24-18-7-5-16-13-23-14-17(16)11-18/h5-8,11-12,21,23-24H,3-4,9-10,13-14H2,1-2H3. The summed E-state index contributed by atoms with van der Waals surface area (Å²) in [7, 11) is 3.22. The van der Waals surface area contributed by atoms with Crippen LogP contribution in [-0.2, 0) is 17.9 Å². The van der Waals surface area contributed by atoms with E-state index in [1.54, 1.807) is 14.2 Å². The highest BCUT2D eigenvalue weighted by Crippen LogP contribution is 2.33. The van der Waals surface area contributed by atoms with Gasteiger partial charge in [-0.25, -0.2) is 0 Å². The molecule has 1 fully saturated rings. The highest BCUT2D eigenvalue weighted by Gasteiger charge is 2.29. The van der Waals surface area contributed by atoms with Gasteiger partial charge < -0.3 is 25.0 Å². The summed E-state index contributed by atoms with van der Waals surface area (Å²) in [6.45, 7) is 3.41. The molecule has 0 aliphatic carbocycles. The number of nitrogens with one attached hydrogen (secondary N) is 2. The fourth-order valence-corrected chi connectivity index (χ4v) is 3.99. The van der Waals surface area contributed by atoms with Crippen LogP contribution in [0.4, 0.5) is 5.69 Å². The minimum absolute atomic E-state index is 0.100. The molecular weight excluding hydrogens is 354 g/mol. The fraction of sp³-hybridized carbons (Fsp3) is 0.409. The van der Waals surface area contributed by atoms with Crippen molar-refractivity contribution in [2.45, 2.75) is 32.0 Å². The number of benzene rings is 2. The SMILES string of the molecule is COc1ccc(C(Nc2ccc3c(c2)CNC3)C(=O)N2CCCC2)cc1OC. The maximum Gasteiger partial charge on any atom is 0.249 e. The molecule has 4 rings (SSSR count). The molecule has 2 aliphatic heterocycles. The second-order valence-electron chi connectivity index (χ2n) is 7.31. The average molecular weight is 381 g/mol. The number of amides is 1. The maximum absolute atomic E-state index is 13.3. The van der Waals surface area contributed by atoms with E-state index in [-0.39, 0.29) is 5.91 Å². The molecule has 2 aromatic rings. The van der Waals surface area contributed by atoms with Crippen LogP contribution in [0.3, 0.4) is 0 Å². The van der Waals surface area contributed by atoms with Crippen molar-refractivity contribution in [2.24, 2.45) is 0 Å². The lowest BCUT2D eigenvalue weighted by Gasteiger charge is -2.26. The summed E-state index contributed by atoms with van der Waals surface area (Å²) in [5.41, 5.74) is 4.42. The lowest BCUT2D eigenvalue weighted by Crippen LogP contribution is -2.36. The van der Waals surface area contributed by atoms with Crippen molar-refractivity contribution in [3.63, 3.8) is 0 Å². The molecule has 1 amide bonds. The first kappa shape index (κ1) is 18.6. The van der Waals surface area contributed by atoms with Gasteiger partial charge in [0.15, 0.2) is 11.5 Å². The maximum atomic E-state index is 13.3. The summed E-state index contributed by atoms with van der Waals surface area (Å²) in [5.74, 6) is 1.38. The van der Waals surface area contributed by atoms with E-state index in [0.717, 1.165) is 50.3 Å². The van der Waals surface area contributed by atoms with Gasteiger partial charge in [0.25, 0.3) is 0 Å². The zero-order valence-corrected chi connectivity index (χ0v) is 16.5. The van der Waals surface area contributed by atoms with Crippen LogP contribution in [0.2, 0.25) is 0 Å². The fourth-order valence-electron chi connectivity index (χ4n) is 3.99. The number of anilines is 1. The number of ether oxygens (including phenoxy) is 2. The van der Waals surface area contributed by atoms with Crippen molar-refractivity contribution in [2.75, 3.05) is 32.6 Å². The van der Waals surface area contributed by atoms with Crippen molar-refractivity contribution in [3.8, 4) is 11.5 Å². The molecule has 0 saturated carbocycles. The number of methoxy groups -OCH3 is 2. The summed E-state index contributed by atoms with van der Waals surface area (Å²) in [6.07, 6.45) is 2.13. The second-order valence-corrected chi connectivity index (χ2v) is 7.31. The van der Waals surface area contributed by atoms with Gasteiger partial charge in [0.05, 0.1) is 14.2 Å². The van der Waals surface area contributed by atoms with Gasteiger partial charge in [-0.3, -0.25) is 4.79 Å². The monoisotopic (exact) mass is 381 g/mol. The van der Waals surface area contributed by atoms with Crippen LogP contribution in [0.1, 0.15) is 35.6 Å². The molecular formula is C22H27N3O3. The molecule has 2 aliphatic rings. The summed E-state index contributed by atoms with van der Waals surface area (Å²) in [4.78, 5) is 15.3. The molecule has 1 atom stereocenters. The Kier molecular flexibility index (Phi) is 5.39. The predicted octanol–water partition coefficient (Wildman–Crippen LogP) is 3.08. The highest BCUT2D eigenvalue weighted by atomic mass is 16.5. The lowest BCUT2D eigenvalue weighted by molar-refractivity contribution is -0.131. The third-order valence-electron chi connectivity index (χ3n) is 5.55. The molecule has 0 bridgehead atoms. The number of hydrogen-bond acceptors (Lipinski definition) is 5. The average Bonchev–Trinajstić information content (AvgIpc) is 3.42. The molecule has 0 spiro atoms. The van der Waals surface area contributed by atoms with Crippen molar-refractivity contribution >= 4 is 11.6 Å². The van der Waals surface area contributed by atoms with E-state index < -0.39 is 6.04 Å². The van der Waals surface area contributed by atoms with E-state index in [1.165, 1.54) is 11.1 Å². The number of carbonyl (C=O) groups excluding carboxylic acids is 1. The molecule has 148 valence electrons. The van der Waals surface area contributed by atoms with Crippen molar-refractivity contribution in [1.82, 2.24) is 10.2 Å². The smallest absolute Gasteiger partial charge is 0.249 e. The van der Waals surface area contributed by atoms with Gasteiger partial charge in [0.1, 0.15) is 6.04 Å². The third kappa shape index (κ3) is 3.64. The minimum atomic E-state index is -0.467. The molecule has 1 saturated heterocycles. The summed E-state index contributed by atoms with van der Waals surface area (Å²) in [5, 5.41) is 6.84. The van der Waals surface area contributed by atoms with Gasteiger partial charge in [-0.15, -0.1) is 0 Å². The zero-order chi connectivity index (χ0) is 19.5. The Morgan fingerprint density at radius 3 is 2.50 bits per heavy atom. The number of nitrogens with zero attached hydrogens (tertiary/aromatic N) is 1. The van der Waals surface area contributed by atoms with Crippen molar-refractivity contribution in [1.29, 1.82) is 0 Å². The number of rotatable bonds is 6. The Labute approximate surface area is 165 Å². The number of carbonyl (C=O) groups is 1. The quantitative estimate of drug-likeness (QED) is 0.805. The molecule has 2 heterocycles. The Hall–Kier alpha value is -2.73. The molecule has 2 N–H and O–H groups in total. The highest BCUT2D eigenvalue weighted by molar-refractivity contribution is 5.86.